The van der Waals surface area contributed by atoms with E-state index in [-0.39, 0.29) is 0 Å². The fraction of sp³-hybridized carbons (Fsp3) is 0. The summed E-state index contributed by atoms with van der Waals surface area (Å²) >= 11 is 3.67. The maximum atomic E-state index is 5.31. The maximum absolute atomic E-state index is 5.31. The Bertz CT molecular complexity index is 3900. The van der Waals surface area contributed by atoms with Crippen molar-refractivity contribution in [3.05, 3.63) is 194 Å². The molecule has 4 heterocycles. The molecule has 9 aromatic carbocycles. The van der Waals surface area contributed by atoms with E-state index in [1.54, 1.807) is 0 Å². The van der Waals surface area contributed by atoms with E-state index in [4.69, 9.17) is 15.0 Å². The second-order valence-electron chi connectivity index (χ2n) is 15.6. The molecular weight excluding hydrogens is 781 g/mol. The summed E-state index contributed by atoms with van der Waals surface area (Å²) in [6, 6.07) is 69.8. The molecule has 0 spiro atoms. The van der Waals surface area contributed by atoms with Crippen LogP contribution in [0, 0.1) is 0 Å². The Morgan fingerprint density at radius 1 is 0.328 bits per heavy atom. The summed E-state index contributed by atoms with van der Waals surface area (Å²) in [6.45, 7) is 0. The van der Waals surface area contributed by atoms with Gasteiger partial charge in [0.15, 0.2) is 17.5 Å². The second-order valence-corrected chi connectivity index (χ2v) is 17.7. The van der Waals surface area contributed by atoms with E-state index in [1.807, 2.05) is 40.9 Å². The number of fused-ring (bicyclic) bond motifs is 10. The van der Waals surface area contributed by atoms with Crippen LogP contribution in [0.1, 0.15) is 0 Å². The van der Waals surface area contributed by atoms with Crippen LogP contribution in [0.3, 0.4) is 0 Å². The number of nitrogens with zero attached hydrogens (tertiary/aromatic N) is 4. The molecule has 0 atom stereocenters. The van der Waals surface area contributed by atoms with Crippen LogP contribution in [-0.4, -0.2) is 19.5 Å². The standard InChI is InChI=1S/C55H32N4S2/c1-2-13-33(14-3-1)53-56-54(58-55(57-53)37-26-28-51-45(31-37)40-19-8-10-23-49(40)60-51)36-25-27-47(44(30-36)42-21-12-20-41-39-18-7-11-24-50(39)61-52(41)42)59-46-22-9-6-17-38(46)43-29-34-15-4-5-16-35(34)32-48(43)59/h1-32H. The van der Waals surface area contributed by atoms with Crippen molar-refractivity contribution in [3.8, 4) is 51.0 Å². The number of thiophene rings is 2. The molecular formula is C55H32N4S2. The molecule has 0 saturated heterocycles. The van der Waals surface area contributed by atoms with E-state index < -0.39 is 0 Å². The Morgan fingerprint density at radius 3 is 1.72 bits per heavy atom. The van der Waals surface area contributed by atoms with E-state index >= 15 is 0 Å². The number of benzene rings is 9. The van der Waals surface area contributed by atoms with E-state index in [0.717, 1.165) is 33.5 Å². The summed E-state index contributed by atoms with van der Waals surface area (Å²) in [5, 5.41) is 9.89. The molecule has 0 aliphatic carbocycles. The average Bonchev–Trinajstić information content (AvgIpc) is 4.00. The molecule has 0 aliphatic rings. The number of aromatic nitrogens is 4. The lowest BCUT2D eigenvalue weighted by Gasteiger charge is -2.17. The topological polar surface area (TPSA) is 43.6 Å². The molecule has 0 N–H and O–H groups in total. The van der Waals surface area contributed by atoms with Gasteiger partial charge in [-0.15, -0.1) is 22.7 Å². The summed E-state index contributed by atoms with van der Waals surface area (Å²) in [6.07, 6.45) is 0. The SMILES string of the molecule is c1ccc(-c2nc(-c3ccc(-n4c5ccccc5c5cc6ccccc6cc54)c(-c4cccc5c4sc4ccccc45)c3)nc(-c3ccc4sc5ccccc5c4c3)n2)cc1. The van der Waals surface area contributed by atoms with Gasteiger partial charge in [0.1, 0.15) is 0 Å². The van der Waals surface area contributed by atoms with Crippen LogP contribution in [0.4, 0.5) is 0 Å². The molecule has 61 heavy (non-hydrogen) atoms. The van der Waals surface area contributed by atoms with Crippen LogP contribution in [0.2, 0.25) is 0 Å². The monoisotopic (exact) mass is 812 g/mol. The number of para-hydroxylation sites is 1. The highest BCUT2D eigenvalue weighted by Gasteiger charge is 2.21. The first-order valence-corrected chi connectivity index (χ1v) is 22.1. The Labute approximate surface area is 358 Å². The summed E-state index contributed by atoms with van der Waals surface area (Å²) in [5.74, 6) is 1.92. The Balaban J connectivity index is 1.09. The highest BCUT2D eigenvalue weighted by atomic mass is 32.1. The van der Waals surface area contributed by atoms with Gasteiger partial charge in [-0.1, -0.05) is 127 Å². The van der Waals surface area contributed by atoms with Gasteiger partial charge in [0.2, 0.25) is 0 Å². The minimum absolute atomic E-state index is 0.628. The summed E-state index contributed by atoms with van der Waals surface area (Å²) in [5.41, 5.74) is 8.54. The molecule has 4 nitrogen and oxygen atoms in total. The van der Waals surface area contributed by atoms with Crippen LogP contribution in [-0.2, 0) is 0 Å². The van der Waals surface area contributed by atoms with Gasteiger partial charge < -0.3 is 4.57 Å². The molecule has 0 radical (unpaired) electrons. The van der Waals surface area contributed by atoms with Crippen molar-refractivity contribution in [2.45, 2.75) is 0 Å². The lowest BCUT2D eigenvalue weighted by molar-refractivity contribution is 1.07. The lowest BCUT2D eigenvalue weighted by atomic mass is 9.98. The molecule has 0 fully saturated rings. The fourth-order valence-corrected chi connectivity index (χ4v) is 11.5. The van der Waals surface area contributed by atoms with Crippen molar-refractivity contribution < 1.29 is 0 Å². The first-order chi connectivity index (χ1) is 30.2. The van der Waals surface area contributed by atoms with Gasteiger partial charge in [-0.25, -0.2) is 15.0 Å². The normalized spacial score (nSPS) is 11.9. The first-order valence-electron chi connectivity index (χ1n) is 20.4. The summed E-state index contributed by atoms with van der Waals surface area (Å²) in [7, 11) is 0. The molecule has 284 valence electrons. The molecule has 0 amide bonds. The molecule has 0 saturated carbocycles. The predicted molar refractivity (Wildman–Crippen MR) is 259 cm³/mol. The largest absolute Gasteiger partial charge is 0.309 e. The van der Waals surface area contributed by atoms with Crippen LogP contribution in [0.25, 0.3) is 124 Å². The van der Waals surface area contributed by atoms with Crippen molar-refractivity contribution in [1.82, 2.24) is 19.5 Å². The molecule has 0 aliphatic heterocycles. The third kappa shape index (κ3) is 5.46. The van der Waals surface area contributed by atoms with Gasteiger partial charge in [0.25, 0.3) is 0 Å². The van der Waals surface area contributed by atoms with Crippen LogP contribution >= 0.6 is 22.7 Å². The Hall–Kier alpha value is -7.51. The molecule has 13 aromatic rings. The molecule has 4 aromatic heterocycles. The van der Waals surface area contributed by atoms with E-state index in [9.17, 15) is 0 Å². The van der Waals surface area contributed by atoms with Gasteiger partial charge in [-0.05, 0) is 77.5 Å². The zero-order valence-electron chi connectivity index (χ0n) is 32.6. The van der Waals surface area contributed by atoms with Gasteiger partial charge in [0.05, 0.1) is 16.7 Å². The van der Waals surface area contributed by atoms with E-state index in [1.165, 1.54) is 73.0 Å². The molecule has 13 rings (SSSR count). The fourth-order valence-electron chi connectivity index (χ4n) is 9.18. The Morgan fingerprint density at radius 2 is 0.918 bits per heavy atom. The Kier molecular flexibility index (Phi) is 7.61. The predicted octanol–water partition coefficient (Wildman–Crippen LogP) is 15.5. The zero-order chi connectivity index (χ0) is 40.0. The summed E-state index contributed by atoms with van der Waals surface area (Å²) in [4.78, 5) is 15.7. The minimum atomic E-state index is 0.628. The summed E-state index contributed by atoms with van der Waals surface area (Å²) < 4.78 is 7.50. The van der Waals surface area contributed by atoms with Crippen molar-refractivity contribution in [2.75, 3.05) is 0 Å². The third-order valence-corrected chi connectivity index (χ3v) is 14.4. The van der Waals surface area contributed by atoms with Crippen LogP contribution in [0.15, 0.2) is 194 Å². The third-order valence-electron chi connectivity index (χ3n) is 12.0. The van der Waals surface area contributed by atoms with E-state index in [0.29, 0.717) is 17.5 Å². The number of rotatable bonds is 5. The highest BCUT2D eigenvalue weighted by Crippen LogP contribution is 2.45. The lowest BCUT2D eigenvalue weighted by Crippen LogP contribution is -2.02. The molecule has 6 heteroatoms. The van der Waals surface area contributed by atoms with E-state index in [2.05, 4.69) is 180 Å². The van der Waals surface area contributed by atoms with Crippen molar-refractivity contribution in [1.29, 1.82) is 0 Å². The van der Waals surface area contributed by atoms with Gasteiger partial charge >= 0.3 is 0 Å². The number of hydrogen-bond acceptors (Lipinski definition) is 5. The van der Waals surface area contributed by atoms with Gasteiger partial charge in [-0.2, -0.15) is 0 Å². The highest BCUT2D eigenvalue weighted by molar-refractivity contribution is 7.26. The van der Waals surface area contributed by atoms with Gasteiger partial charge in [-0.3, -0.25) is 0 Å². The quantitative estimate of drug-likeness (QED) is 0.174. The van der Waals surface area contributed by atoms with Crippen LogP contribution in [0.5, 0.6) is 0 Å². The van der Waals surface area contributed by atoms with Crippen LogP contribution < -0.4 is 0 Å². The zero-order valence-corrected chi connectivity index (χ0v) is 34.2. The smallest absolute Gasteiger partial charge is 0.164 e. The van der Waals surface area contributed by atoms with Crippen molar-refractivity contribution >= 4 is 95.6 Å². The second kappa shape index (κ2) is 13.5. The first kappa shape index (κ1) is 34.4. The average molecular weight is 813 g/mol. The minimum Gasteiger partial charge on any atom is -0.309 e. The number of hydrogen-bond donors (Lipinski definition) is 0. The maximum Gasteiger partial charge on any atom is 0.164 e. The molecule has 0 bridgehead atoms. The van der Waals surface area contributed by atoms with Crippen molar-refractivity contribution in [3.63, 3.8) is 0 Å². The van der Waals surface area contributed by atoms with Gasteiger partial charge in [0, 0.05) is 78.9 Å². The molecule has 0 unspecified atom stereocenters. The van der Waals surface area contributed by atoms with Crippen molar-refractivity contribution in [2.24, 2.45) is 0 Å².